The lowest BCUT2D eigenvalue weighted by molar-refractivity contribution is -0.113. The van der Waals surface area contributed by atoms with Gasteiger partial charge < -0.3 is 14.8 Å². The highest BCUT2D eigenvalue weighted by Gasteiger charge is 2.16. The number of anilines is 1. The minimum Gasteiger partial charge on any atom is -0.493 e. The second-order valence-corrected chi connectivity index (χ2v) is 8.47. The minimum absolute atomic E-state index is 0.143. The maximum Gasteiger partial charge on any atom is 0.234 e. The van der Waals surface area contributed by atoms with Crippen molar-refractivity contribution in [1.29, 1.82) is 0 Å². The third kappa shape index (κ3) is 5.40. The summed E-state index contributed by atoms with van der Waals surface area (Å²) in [6.07, 6.45) is 1.86. The molecule has 0 aliphatic carbocycles. The summed E-state index contributed by atoms with van der Waals surface area (Å²) in [5.41, 5.74) is 4.11. The van der Waals surface area contributed by atoms with Crippen molar-refractivity contribution in [2.45, 2.75) is 12.1 Å². The Balaban J connectivity index is 1.61. The number of imidazole rings is 1. The molecule has 1 aromatic heterocycles. The molecule has 0 aliphatic heterocycles. The summed E-state index contributed by atoms with van der Waals surface area (Å²) in [6.45, 7) is 1.99. The first-order valence-electron chi connectivity index (χ1n) is 10.5. The van der Waals surface area contributed by atoms with Gasteiger partial charge in [-0.15, -0.1) is 0 Å². The van der Waals surface area contributed by atoms with Crippen LogP contribution in [0.25, 0.3) is 16.9 Å². The number of benzene rings is 3. The zero-order chi connectivity index (χ0) is 24.1. The van der Waals surface area contributed by atoms with E-state index in [2.05, 4.69) is 5.32 Å². The Kier molecular flexibility index (Phi) is 7.18. The van der Waals surface area contributed by atoms with Gasteiger partial charge in [0.1, 0.15) is 5.82 Å². The van der Waals surface area contributed by atoms with E-state index in [1.807, 2.05) is 60.2 Å². The molecule has 4 aromatic rings. The van der Waals surface area contributed by atoms with Crippen LogP contribution in [0, 0.1) is 12.7 Å². The number of nitrogens with one attached hydrogen (secondary N) is 1. The van der Waals surface area contributed by atoms with Gasteiger partial charge in [-0.2, -0.15) is 0 Å². The minimum atomic E-state index is -0.323. The molecule has 0 saturated heterocycles. The van der Waals surface area contributed by atoms with Gasteiger partial charge >= 0.3 is 0 Å². The second kappa shape index (κ2) is 10.4. The highest BCUT2D eigenvalue weighted by molar-refractivity contribution is 7.99. The van der Waals surface area contributed by atoms with Gasteiger partial charge in [0, 0.05) is 23.1 Å². The number of nitrogens with zero attached hydrogens (tertiary/aromatic N) is 2. The Morgan fingerprint density at radius 3 is 2.38 bits per heavy atom. The van der Waals surface area contributed by atoms with Crippen LogP contribution in [-0.4, -0.2) is 35.4 Å². The molecule has 0 unspecified atom stereocenters. The standard InChI is InChI=1S/C26H24FN3O3S/c1-17-4-9-20(10-5-17)28-25(31)16-34-26-29-22(15-30(26)21-11-7-19(27)8-12-21)18-6-13-23(32-2)24(14-18)33-3/h4-15H,16H2,1-3H3,(H,28,31). The van der Waals surface area contributed by atoms with E-state index in [9.17, 15) is 9.18 Å². The van der Waals surface area contributed by atoms with E-state index >= 15 is 0 Å². The number of carbonyl (C=O) groups excluding carboxylic acids is 1. The van der Waals surface area contributed by atoms with Crippen molar-refractivity contribution in [3.8, 4) is 28.4 Å². The Hall–Kier alpha value is -3.78. The highest BCUT2D eigenvalue weighted by Crippen LogP contribution is 2.34. The van der Waals surface area contributed by atoms with Crippen LogP contribution < -0.4 is 14.8 Å². The Morgan fingerprint density at radius 1 is 1.00 bits per heavy atom. The van der Waals surface area contributed by atoms with Crippen LogP contribution in [0.2, 0.25) is 0 Å². The summed E-state index contributed by atoms with van der Waals surface area (Å²) in [4.78, 5) is 17.3. The Labute approximate surface area is 201 Å². The zero-order valence-corrected chi connectivity index (χ0v) is 19.9. The maximum atomic E-state index is 13.5. The Bertz CT molecular complexity index is 1290. The van der Waals surface area contributed by atoms with Gasteiger partial charge in [-0.1, -0.05) is 29.5 Å². The number of carbonyl (C=O) groups is 1. The molecule has 4 rings (SSSR count). The van der Waals surface area contributed by atoms with Crippen molar-refractivity contribution in [1.82, 2.24) is 9.55 Å². The third-order valence-electron chi connectivity index (χ3n) is 5.13. The van der Waals surface area contributed by atoms with Crippen LogP contribution in [0.15, 0.2) is 78.1 Å². The lowest BCUT2D eigenvalue weighted by atomic mass is 10.1. The average Bonchev–Trinajstić information content (AvgIpc) is 3.28. The summed E-state index contributed by atoms with van der Waals surface area (Å²) >= 11 is 1.30. The molecule has 0 fully saturated rings. The molecule has 1 amide bonds. The lowest BCUT2D eigenvalue weighted by Gasteiger charge is -2.08. The van der Waals surface area contributed by atoms with E-state index in [0.29, 0.717) is 22.3 Å². The predicted molar refractivity (Wildman–Crippen MR) is 133 cm³/mol. The molecule has 3 aromatic carbocycles. The fourth-order valence-corrected chi connectivity index (χ4v) is 4.14. The van der Waals surface area contributed by atoms with Gasteiger partial charge in [0.25, 0.3) is 0 Å². The SMILES string of the molecule is COc1ccc(-c2cn(-c3ccc(F)cc3)c(SCC(=O)Nc3ccc(C)cc3)n2)cc1OC. The van der Waals surface area contributed by atoms with Crippen molar-refractivity contribution in [3.63, 3.8) is 0 Å². The van der Waals surface area contributed by atoms with Crippen LogP contribution in [0.3, 0.4) is 0 Å². The number of aryl methyl sites for hydroxylation is 1. The third-order valence-corrected chi connectivity index (χ3v) is 6.08. The molecule has 0 bridgehead atoms. The largest absolute Gasteiger partial charge is 0.493 e. The number of amides is 1. The molecule has 0 radical (unpaired) electrons. The molecular weight excluding hydrogens is 453 g/mol. The number of ether oxygens (including phenoxy) is 2. The van der Waals surface area contributed by atoms with Crippen LogP contribution in [0.4, 0.5) is 10.1 Å². The number of aromatic nitrogens is 2. The lowest BCUT2D eigenvalue weighted by Crippen LogP contribution is -2.14. The molecular formula is C26H24FN3O3S. The van der Waals surface area contributed by atoms with E-state index in [4.69, 9.17) is 14.5 Å². The molecule has 8 heteroatoms. The van der Waals surface area contributed by atoms with Crippen LogP contribution >= 0.6 is 11.8 Å². The molecule has 6 nitrogen and oxygen atoms in total. The number of rotatable bonds is 8. The second-order valence-electron chi connectivity index (χ2n) is 7.53. The first kappa shape index (κ1) is 23.4. The summed E-state index contributed by atoms with van der Waals surface area (Å²) in [5, 5.41) is 3.50. The van der Waals surface area contributed by atoms with Crippen molar-refractivity contribution < 1.29 is 18.7 Å². The van der Waals surface area contributed by atoms with Crippen molar-refractivity contribution in [2.75, 3.05) is 25.3 Å². The van der Waals surface area contributed by atoms with Gasteiger partial charge in [-0.25, -0.2) is 9.37 Å². The van der Waals surface area contributed by atoms with Crippen LogP contribution in [-0.2, 0) is 4.79 Å². The molecule has 1 N–H and O–H groups in total. The van der Waals surface area contributed by atoms with Crippen molar-refractivity contribution in [3.05, 3.63) is 84.3 Å². The average molecular weight is 478 g/mol. The van der Waals surface area contributed by atoms with Crippen LogP contribution in [0.5, 0.6) is 11.5 Å². The molecule has 0 aliphatic rings. The first-order valence-corrected chi connectivity index (χ1v) is 11.5. The van der Waals surface area contributed by atoms with Gasteiger partial charge in [-0.05, 0) is 61.5 Å². The fourth-order valence-electron chi connectivity index (χ4n) is 3.35. The molecule has 34 heavy (non-hydrogen) atoms. The molecule has 0 atom stereocenters. The fraction of sp³-hybridized carbons (Fsp3) is 0.154. The van der Waals surface area contributed by atoms with E-state index in [1.54, 1.807) is 26.4 Å². The van der Waals surface area contributed by atoms with Crippen LogP contribution in [0.1, 0.15) is 5.56 Å². The monoisotopic (exact) mass is 477 g/mol. The van der Waals surface area contributed by atoms with Gasteiger partial charge in [0.2, 0.25) is 5.91 Å². The predicted octanol–water partition coefficient (Wildman–Crippen LogP) is 5.73. The smallest absolute Gasteiger partial charge is 0.234 e. The molecule has 174 valence electrons. The topological polar surface area (TPSA) is 65.4 Å². The van der Waals surface area contributed by atoms with Crippen molar-refractivity contribution >= 4 is 23.4 Å². The number of thioether (sulfide) groups is 1. The molecule has 1 heterocycles. The molecule has 0 saturated carbocycles. The number of hydrogen-bond acceptors (Lipinski definition) is 5. The summed E-state index contributed by atoms with van der Waals surface area (Å²) in [5.74, 6) is 0.901. The number of hydrogen-bond donors (Lipinski definition) is 1. The number of methoxy groups -OCH3 is 2. The maximum absolute atomic E-state index is 13.5. The van der Waals surface area contributed by atoms with E-state index in [1.165, 1.54) is 23.9 Å². The van der Waals surface area contributed by atoms with Crippen molar-refractivity contribution in [2.24, 2.45) is 0 Å². The first-order chi connectivity index (χ1) is 16.5. The Morgan fingerprint density at radius 2 is 1.71 bits per heavy atom. The normalized spacial score (nSPS) is 10.7. The van der Waals surface area contributed by atoms with Gasteiger partial charge in [0.05, 0.1) is 25.7 Å². The van der Waals surface area contributed by atoms with E-state index < -0.39 is 0 Å². The van der Waals surface area contributed by atoms with Gasteiger partial charge in [-0.3, -0.25) is 9.36 Å². The quantitative estimate of drug-likeness (QED) is 0.328. The number of halogens is 1. The zero-order valence-electron chi connectivity index (χ0n) is 19.0. The summed E-state index contributed by atoms with van der Waals surface area (Å²) in [6, 6.07) is 19.3. The summed E-state index contributed by atoms with van der Waals surface area (Å²) in [7, 11) is 3.16. The molecule has 0 spiro atoms. The van der Waals surface area contributed by atoms with E-state index in [0.717, 1.165) is 22.5 Å². The van der Waals surface area contributed by atoms with E-state index in [-0.39, 0.29) is 17.5 Å². The highest BCUT2D eigenvalue weighted by atomic mass is 32.2. The van der Waals surface area contributed by atoms with Gasteiger partial charge in [0.15, 0.2) is 16.7 Å². The summed E-state index contributed by atoms with van der Waals surface area (Å²) < 4.78 is 26.1.